The van der Waals surface area contributed by atoms with E-state index in [-0.39, 0.29) is 21.3 Å². The molecule has 106 valence electrons. The number of phenols is 2. The van der Waals surface area contributed by atoms with E-state index in [2.05, 4.69) is 0 Å². The van der Waals surface area contributed by atoms with Crippen LogP contribution in [-0.4, -0.2) is 18.6 Å². The van der Waals surface area contributed by atoms with Crippen molar-refractivity contribution in [3.05, 3.63) is 60.7 Å². The smallest absolute Gasteiger partial charge is 0.210 e. The number of hydrogen-bond acceptors (Lipinski definition) is 4. The average molecular weight is 300 g/mol. The molecule has 0 aromatic heterocycles. The largest absolute Gasteiger partial charge is 0.507 e. The lowest BCUT2D eigenvalue weighted by Gasteiger charge is -2.10. The topological polar surface area (TPSA) is 74.6 Å². The lowest BCUT2D eigenvalue weighted by molar-refractivity contribution is 0.459. The Labute approximate surface area is 121 Å². The van der Waals surface area contributed by atoms with Crippen molar-refractivity contribution in [3.63, 3.8) is 0 Å². The van der Waals surface area contributed by atoms with Gasteiger partial charge in [0.25, 0.3) is 0 Å². The van der Waals surface area contributed by atoms with Crippen molar-refractivity contribution in [2.75, 3.05) is 0 Å². The first kappa shape index (κ1) is 13.5. The van der Waals surface area contributed by atoms with E-state index in [1.54, 1.807) is 36.4 Å². The summed E-state index contributed by atoms with van der Waals surface area (Å²) in [6, 6.07) is 15.2. The number of aromatic hydroxyl groups is 2. The maximum atomic E-state index is 12.7. The van der Waals surface area contributed by atoms with Crippen LogP contribution < -0.4 is 0 Å². The molecule has 3 aromatic carbocycles. The number of sulfone groups is 1. The number of hydrogen-bond donors (Lipinski definition) is 2. The minimum atomic E-state index is -3.87. The summed E-state index contributed by atoms with van der Waals surface area (Å²) in [6.07, 6.45) is 0. The molecule has 0 saturated heterocycles. The van der Waals surface area contributed by atoms with Crippen LogP contribution in [0.5, 0.6) is 11.5 Å². The number of rotatable bonds is 2. The van der Waals surface area contributed by atoms with E-state index < -0.39 is 9.84 Å². The molecule has 0 radical (unpaired) electrons. The molecule has 0 bridgehead atoms. The molecule has 4 nitrogen and oxygen atoms in total. The third-order valence-electron chi connectivity index (χ3n) is 3.31. The first-order chi connectivity index (χ1) is 10.0. The predicted octanol–water partition coefficient (Wildman–Crippen LogP) is 3.08. The van der Waals surface area contributed by atoms with E-state index in [1.165, 1.54) is 24.3 Å². The molecule has 3 rings (SSSR count). The Morgan fingerprint density at radius 2 is 1.24 bits per heavy atom. The van der Waals surface area contributed by atoms with Gasteiger partial charge >= 0.3 is 0 Å². The maximum Gasteiger partial charge on any atom is 0.210 e. The highest BCUT2D eigenvalue weighted by molar-refractivity contribution is 7.91. The Balaban J connectivity index is 2.36. The molecular formula is C16H12O4S. The molecule has 5 heteroatoms. The Hall–Kier alpha value is -2.53. The number of phenolic OH excluding ortho intramolecular Hbond substituents is 2. The molecule has 2 N–H and O–H groups in total. The van der Waals surface area contributed by atoms with E-state index in [0.29, 0.717) is 10.8 Å². The molecule has 0 atom stereocenters. The maximum absolute atomic E-state index is 12.7. The fraction of sp³-hybridized carbons (Fsp3) is 0. The predicted molar refractivity (Wildman–Crippen MR) is 79.2 cm³/mol. The molecule has 0 heterocycles. The summed E-state index contributed by atoms with van der Waals surface area (Å²) in [7, 11) is -3.87. The third kappa shape index (κ3) is 2.11. The van der Waals surface area contributed by atoms with Crippen molar-refractivity contribution in [3.8, 4) is 11.5 Å². The van der Waals surface area contributed by atoms with Crippen molar-refractivity contribution in [2.45, 2.75) is 9.79 Å². The van der Waals surface area contributed by atoms with Gasteiger partial charge in [-0.15, -0.1) is 0 Å². The first-order valence-corrected chi connectivity index (χ1v) is 7.74. The molecule has 0 aliphatic carbocycles. The molecule has 0 amide bonds. The highest BCUT2D eigenvalue weighted by atomic mass is 32.2. The summed E-state index contributed by atoms with van der Waals surface area (Å²) in [5.41, 5.74) is 0. The van der Waals surface area contributed by atoms with Gasteiger partial charge in [-0.1, -0.05) is 36.4 Å². The second-order valence-corrected chi connectivity index (χ2v) is 6.49. The summed E-state index contributed by atoms with van der Waals surface area (Å²) in [5.74, 6) is -0.281. The van der Waals surface area contributed by atoms with Crippen LogP contribution in [0.15, 0.2) is 70.5 Å². The molecule has 0 aliphatic rings. The number of benzene rings is 3. The quantitative estimate of drug-likeness (QED) is 0.762. The van der Waals surface area contributed by atoms with E-state index in [1.807, 2.05) is 0 Å². The average Bonchev–Trinajstić information content (AvgIpc) is 2.48. The van der Waals surface area contributed by atoms with Gasteiger partial charge in [-0.3, -0.25) is 0 Å². The van der Waals surface area contributed by atoms with Crippen LogP contribution >= 0.6 is 0 Å². The minimum absolute atomic E-state index is 0.0156. The van der Waals surface area contributed by atoms with Gasteiger partial charge in [-0.2, -0.15) is 0 Å². The van der Waals surface area contributed by atoms with Crippen LogP contribution in [-0.2, 0) is 9.84 Å². The fourth-order valence-electron chi connectivity index (χ4n) is 2.29. The van der Waals surface area contributed by atoms with Crippen molar-refractivity contribution in [2.24, 2.45) is 0 Å². The molecule has 0 unspecified atom stereocenters. The van der Waals surface area contributed by atoms with E-state index in [0.717, 1.165) is 0 Å². The van der Waals surface area contributed by atoms with Crippen LogP contribution in [0.25, 0.3) is 10.8 Å². The van der Waals surface area contributed by atoms with Gasteiger partial charge < -0.3 is 10.2 Å². The van der Waals surface area contributed by atoms with Gasteiger partial charge in [-0.05, 0) is 24.3 Å². The Morgan fingerprint density at radius 3 is 1.95 bits per heavy atom. The normalized spacial score (nSPS) is 11.6. The molecular weight excluding hydrogens is 288 g/mol. The SMILES string of the molecule is O=S(=O)(c1ccccc1O)c1ccc(O)c2ccccc12. The number of fused-ring (bicyclic) bond motifs is 1. The summed E-state index contributed by atoms with van der Waals surface area (Å²) in [6.45, 7) is 0. The van der Waals surface area contributed by atoms with Crippen LogP contribution in [0.1, 0.15) is 0 Å². The number of para-hydroxylation sites is 1. The molecule has 0 aliphatic heterocycles. The lowest BCUT2D eigenvalue weighted by atomic mass is 10.1. The Kier molecular flexibility index (Phi) is 3.07. The minimum Gasteiger partial charge on any atom is -0.507 e. The summed E-state index contributed by atoms with van der Waals surface area (Å²) in [5, 5.41) is 20.5. The van der Waals surface area contributed by atoms with Crippen molar-refractivity contribution < 1.29 is 18.6 Å². The highest BCUT2D eigenvalue weighted by Crippen LogP contribution is 2.35. The second kappa shape index (κ2) is 4.79. The van der Waals surface area contributed by atoms with E-state index in [9.17, 15) is 18.6 Å². The summed E-state index contributed by atoms with van der Waals surface area (Å²) >= 11 is 0. The van der Waals surface area contributed by atoms with Gasteiger partial charge in [0.15, 0.2) is 0 Å². The molecule has 3 aromatic rings. The van der Waals surface area contributed by atoms with Crippen LogP contribution in [0.2, 0.25) is 0 Å². The summed E-state index contributed by atoms with van der Waals surface area (Å²) < 4.78 is 25.5. The van der Waals surface area contributed by atoms with Crippen LogP contribution in [0.4, 0.5) is 0 Å². The molecule has 0 saturated carbocycles. The lowest BCUT2D eigenvalue weighted by Crippen LogP contribution is -2.03. The molecule has 21 heavy (non-hydrogen) atoms. The zero-order chi connectivity index (χ0) is 15.0. The van der Waals surface area contributed by atoms with E-state index in [4.69, 9.17) is 0 Å². The summed E-state index contributed by atoms with van der Waals surface area (Å²) in [4.78, 5) is -0.0988. The third-order valence-corrected chi connectivity index (χ3v) is 5.16. The van der Waals surface area contributed by atoms with Crippen LogP contribution in [0.3, 0.4) is 0 Å². The van der Waals surface area contributed by atoms with Gasteiger partial charge in [0.1, 0.15) is 16.4 Å². The van der Waals surface area contributed by atoms with Crippen LogP contribution in [0, 0.1) is 0 Å². The van der Waals surface area contributed by atoms with Crippen molar-refractivity contribution in [1.82, 2.24) is 0 Å². The molecule has 0 fully saturated rings. The van der Waals surface area contributed by atoms with Crippen molar-refractivity contribution in [1.29, 1.82) is 0 Å². The van der Waals surface area contributed by atoms with Gasteiger partial charge in [0.05, 0.1) is 4.90 Å². The van der Waals surface area contributed by atoms with Gasteiger partial charge in [0, 0.05) is 10.8 Å². The van der Waals surface area contributed by atoms with Gasteiger partial charge in [0.2, 0.25) is 9.84 Å². The zero-order valence-corrected chi connectivity index (χ0v) is 11.7. The Morgan fingerprint density at radius 1 is 0.619 bits per heavy atom. The molecule has 0 spiro atoms. The highest BCUT2D eigenvalue weighted by Gasteiger charge is 2.23. The standard InChI is InChI=1S/C16H12O4S/c17-13-9-10-15(12-6-2-1-5-11(12)13)21(19,20)16-8-4-3-7-14(16)18/h1-10,17-18H. The monoisotopic (exact) mass is 300 g/mol. The van der Waals surface area contributed by atoms with Gasteiger partial charge in [-0.25, -0.2) is 8.42 Å². The van der Waals surface area contributed by atoms with Crippen molar-refractivity contribution >= 4 is 20.6 Å². The fourth-order valence-corrected chi connectivity index (χ4v) is 3.85. The Bertz CT molecular complexity index is 930. The second-order valence-electron chi connectivity index (χ2n) is 4.60. The first-order valence-electron chi connectivity index (χ1n) is 6.25. The zero-order valence-electron chi connectivity index (χ0n) is 10.9. The van der Waals surface area contributed by atoms with E-state index >= 15 is 0 Å².